The highest BCUT2D eigenvalue weighted by atomic mass is 15.1. The average Bonchev–Trinajstić information content (AvgIpc) is 2.28. The number of hydrogen-bond acceptors (Lipinski definition) is 2. The van der Waals surface area contributed by atoms with Crippen molar-refractivity contribution in [1.29, 1.82) is 0 Å². The molecule has 0 saturated carbocycles. The van der Waals surface area contributed by atoms with Crippen LogP contribution in [-0.4, -0.2) is 31.6 Å². The smallest absolute Gasteiger partial charge is 0.0451 e. The van der Waals surface area contributed by atoms with Crippen LogP contribution in [0, 0.1) is 12.8 Å². The van der Waals surface area contributed by atoms with Gasteiger partial charge in [0.15, 0.2) is 0 Å². The third-order valence-electron chi connectivity index (χ3n) is 3.19. The molecule has 2 heteroatoms. The van der Waals surface area contributed by atoms with E-state index >= 15 is 0 Å². The van der Waals surface area contributed by atoms with Crippen LogP contribution in [0.1, 0.15) is 37.9 Å². The fraction of sp³-hybridized carbons (Fsp3) is 0.625. The third-order valence-corrected chi connectivity index (χ3v) is 3.19. The molecule has 102 valence electrons. The van der Waals surface area contributed by atoms with E-state index < -0.39 is 0 Å². The SMILES string of the molecule is CCNC(CN(C)CC(C)C)c1ccccc1C. The predicted molar refractivity (Wildman–Crippen MR) is 79.9 cm³/mol. The van der Waals surface area contributed by atoms with Gasteiger partial charge in [0.25, 0.3) is 0 Å². The molecule has 1 aromatic rings. The minimum Gasteiger partial charge on any atom is -0.309 e. The molecule has 0 aliphatic carbocycles. The summed E-state index contributed by atoms with van der Waals surface area (Å²) in [6.07, 6.45) is 0. The zero-order valence-corrected chi connectivity index (χ0v) is 12.5. The van der Waals surface area contributed by atoms with E-state index in [1.54, 1.807) is 0 Å². The van der Waals surface area contributed by atoms with Crippen molar-refractivity contribution >= 4 is 0 Å². The molecule has 2 nitrogen and oxygen atoms in total. The maximum atomic E-state index is 3.60. The first-order chi connectivity index (χ1) is 8.54. The van der Waals surface area contributed by atoms with Crippen LogP contribution in [0.15, 0.2) is 24.3 Å². The summed E-state index contributed by atoms with van der Waals surface area (Å²) < 4.78 is 0. The monoisotopic (exact) mass is 248 g/mol. The Morgan fingerprint density at radius 2 is 1.83 bits per heavy atom. The van der Waals surface area contributed by atoms with Gasteiger partial charge >= 0.3 is 0 Å². The summed E-state index contributed by atoms with van der Waals surface area (Å²) in [5, 5.41) is 3.60. The number of hydrogen-bond donors (Lipinski definition) is 1. The molecule has 0 radical (unpaired) electrons. The Labute approximate surface area is 112 Å². The fourth-order valence-corrected chi connectivity index (χ4v) is 2.51. The van der Waals surface area contributed by atoms with Crippen molar-refractivity contribution in [2.45, 2.75) is 33.7 Å². The van der Waals surface area contributed by atoms with E-state index in [2.05, 4.69) is 69.2 Å². The zero-order chi connectivity index (χ0) is 13.5. The van der Waals surface area contributed by atoms with Gasteiger partial charge in [-0.3, -0.25) is 0 Å². The van der Waals surface area contributed by atoms with Crippen LogP contribution in [0.2, 0.25) is 0 Å². The minimum atomic E-state index is 0.431. The summed E-state index contributed by atoms with van der Waals surface area (Å²) in [6.45, 7) is 12.1. The molecule has 0 heterocycles. The van der Waals surface area contributed by atoms with Gasteiger partial charge in [-0.15, -0.1) is 0 Å². The standard InChI is InChI=1S/C16H28N2/c1-6-17-16(12-18(5)11-13(2)3)15-10-8-7-9-14(15)4/h7-10,13,16-17H,6,11-12H2,1-5H3. The van der Waals surface area contributed by atoms with Crippen molar-refractivity contribution in [1.82, 2.24) is 10.2 Å². The number of rotatable bonds is 7. The summed E-state index contributed by atoms with van der Waals surface area (Å²) in [6, 6.07) is 9.11. The number of nitrogens with one attached hydrogen (secondary N) is 1. The summed E-state index contributed by atoms with van der Waals surface area (Å²) in [7, 11) is 2.21. The highest BCUT2D eigenvalue weighted by molar-refractivity contribution is 5.29. The number of aryl methyl sites for hydroxylation is 1. The van der Waals surface area contributed by atoms with E-state index in [1.807, 2.05) is 0 Å². The zero-order valence-electron chi connectivity index (χ0n) is 12.5. The molecule has 0 aliphatic heterocycles. The van der Waals surface area contributed by atoms with Gasteiger partial charge in [0, 0.05) is 19.1 Å². The quantitative estimate of drug-likeness (QED) is 0.797. The predicted octanol–water partition coefficient (Wildman–Crippen LogP) is 3.23. The van der Waals surface area contributed by atoms with Crippen LogP contribution >= 0.6 is 0 Å². The van der Waals surface area contributed by atoms with Crippen LogP contribution in [-0.2, 0) is 0 Å². The molecular weight excluding hydrogens is 220 g/mol. The lowest BCUT2D eigenvalue weighted by Crippen LogP contribution is -2.35. The van der Waals surface area contributed by atoms with Gasteiger partial charge in [-0.2, -0.15) is 0 Å². The highest BCUT2D eigenvalue weighted by Gasteiger charge is 2.15. The molecule has 0 aliphatic rings. The van der Waals surface area contributed by atoms with Crippen LogP contribution in [0.3, 0.4) is 0 Å². The molecule has 0 fully saturated rings. The van der Waals surface area contributed by atoms with Gasteiger partial charge in [-0.25, -0.2) is 0 Å². The van der Waals surface area contributed by atoms with Crippen molar-refractivity contribution < 1.29 is 0 Å². The van der Waals surface area contributed by atoms with E-state index in [9.17, 15) is 0 Å². The highest BCUT2D eigenvalue weighted by Crippen LogP contribution is 2.18. The molecule has 0 spiro atoms. The second-order valence-electron chi connectivity index (χ2n) is 5.58. The molecule has 18 heavy (non-hydrogen) atoms. The Hall–Kier alpha value is -0.860. The largest absolute Gasteiger partial charge is 0.309 e. The van der Waals surface area contributed by atoms with Crippen molar-refractivity contribution in [3.8, 4) is 0 Å². The summed E-state index contributed by atoms with van der Waals surface area (Å²) in [5.41, 5.74) is 2.80. The van der Waals surface area contributed by atoms with E-state index in [-0.39, 0.29) is 0 Å². The first-order valence-corrected chi connectivity index (χ1v) is 7.02. The maximum Gasteiger partial charge on any atom is 0.0451 e. The van der Waals surface area contributed by atoms with Crippen LogP contribution in [0.4, 0.5) is 0 Å². The summed E-state index contributed by atoms with van der Waals surface area (Å²) >= 11 is 0. The Balaban J connectivity index is 2.74. The topological polar surface area (TPSA) is 15.3 Å². The van der Waals surface area contributed by atoms with Crippen molar-refractivity contribution in [3.63, 3.8) is 0 Å². The molecule has 1 unspecified atom stereocenters. The first-order valence-electron chi connectivity index (χ1n) is 7.02. The second kappa shape index (κ2) is 7.55. The maximum absolute atomic E-state index is 3.60. The fourth-order valence-electron chi connectivity index (χ4n) is 2.51. The molecule has 0 bridgehead atoms. The molecule has 1 rings (SSSR count). The van der Waals surface area contributed by atoms with Crippen LogP contribution in [0.5, 0.6) is 0 Å². The van der Waals surface area contributed by atoms with Gasteiger partial charge in [0.1, 0.15) is 0 Å². The molecule has 1 N–H and O–H groups in total. The molecule has 0 aromatic heterocycles. The number of likely N-dealkylation sites (N-methyl/N-ethyl adjacent to an activating group) is 2. The Morgan fingerprint density at radius 1 is 1.17 bits per heavy atom. The molecule has 0 saturated heterocycles. The Kier molecular flexibility index (Phi) is 6.37. The molecular formula is C16H28N2. The van der Waals surface area contributed by atoms with Crippen molar-refractivity contribution in [3.05, 3.63) is 35.4 Å². The van der Waals surface area contributed by atoms with Gasteiger partial charge in [-0.05, 0) is 37.6 Å². The number of benzene rings is 1. The molecule has 1 aromatic carbocycles. The molecule has 1 atom stereocenters. The normalized spacial score (nSPS) is 13.3. The van der Waals surface area contributed by atoms with E-state index in [1.165, 1.54) is 11.1 Å². The van der Waals surface area contributed by atoms with E-state index in [4.69, 9.17) is 0 Å². The lowest BCUT2D eigenvalue weighted by atomic mass is 10.0. The first kappa shape index (κ1) is 15.2. The van der Waals surface area contributed by atoms with Crippen molar-refractivity contribution in [2.75, 3.05) is 26.7 Å². The van der Waals surface area contributed by atoms with Crippen molar-refractivity contribution in [2.24, 2.45) is 5.92 Å². The van der Waals surface area contributed by atoms with Crippen LogP contribution in [0.25, 0.3) is 0 Å². The van der Waals surface area contributed by atoms with Gasteiger partial charge in [0.2, 0.25) is 0 Å². The second-order valence-corrected chi connectivity index (χ2v) is 5.58. The summed E-state index contributed by atoms with van der Waals surface area (Å²) in [5.74, 6) is 0.717. The van der Waals surface area contributed by atoms with Gasteiger partial charge in [-0.1, -0.05) is 45.0 Å². The lowest BCUT2D eigenvalue weighted by molar-refractivity contribution is 0.263. The third kappa shape index (κ3) is 4.79. The van der Waals surface area contributed by atoms with Gasteiger partial charge < -0.3 is 10.2 Å². The molecule has 0 amide bonds. The summed E-state index contributed by atoms with van der Waals surface area (Å²) in [4.78, 5) is 2.42. The Morgan fingerprint density at radius 3 is 2.39 bits per heavy atom. The average molecular weight is 248 g/mol. The Bertz CT molecular complexity index is 347. The van der Waals surface area contributed by atoms with E-state index in [0.29, 0.717) is 12.0 Å². The van der Waals surface area contributed by atoms with E-state index in [0.717, 1.165) is 19.6 Å². The van der Waals surface area contributed by atoms with Crippen LogP contribution < -0.4 is 5.32 Å². The number of nitrogens with zero attached hydrogens (tertiary/aromatic N) is 1. The lowest BCUT2D eigenvalue weighted by Gasteiger charge is -2.27. The van der Waals surface area contributed by atoms with Gasteiger partial charge in [0.05, 0.1) is 0 Å². The minimum absolute atomic E-state index is 0.431.